The molecule has 30 heavy (non-hydrogen) atoms. The number of aliphatic carboxylic acids is 1. The van der Waals surface area contributed by atoms with Gasteiger partial charge in [-0.25, -0.2) is 4.39 Å². The van der Waals surface area contributed by atoms with Crippen LogP contribution >= 0.6 is 0 Å². The van der Waals surface area contributed by atoms with Crippen LogP contribution in [0.15, 0.2) is 48.5 Å². The van der Waals surface area contributed by atoms with E-state index in [1.807, 2.05) is 30.3 Å². The molecule has 0 fully saturated rings. The van der Waals surface area contributed by atoms with Gasteiger partial charge in [0.05, 0.1) is 25.1 Å². The molecule has 6 nitrogen and oxygen atoms in total. The maximum absolute atomic E-state index is 14.6. The Hall–Kier alpha value is -3.48. The van der Waals surface area contributed by atoms with E-state index < -0.39 is 17.8 Å². The van der Waals surface area contributed by atoms with E-state index in [1.165, 1.54) is 6.07 Å². The van der Waals surface area contributed by atoms with Gasteiger partial charge >= 0.3 is 11.9 Å². The summed E-state index contributed by atoms with van der Waals surface area (Å²) in [7, 11) is 0. The summed E-state index contributed by atoms with van der Waals surface area (Å²) >= 11 is 0. The number of carbonyl (C=O) groups excluding carboxylic acids is 1. The molecule has 0 aliphatic rings. The fraction of sp³-hybridized carbons (Fsp3) is 0.261. The van der Waals surface area contributed by atoms with Crippen LogP contribution in [0, 0.1) is 19.7 Å². The monoisotopic (exact) mass is 410 g/mol. The SMILES string of the molecule is Cc1nn(Cc2ccc(CC(=O)OCc3ccccc3)cc2F)c(C)c1CC(=O)O. The molecule has 156 valence electrons. The first-order valence-electron chi connectivity index (χ1n) is 9.55. The molecular weight excluding hydrogens is 387 g/mol. The second kappa shape index (κ2) is 9.35. The van der Waals surface area contributed by atoms with Crippen molar-refractivity contribution in [3.05, 3.63) is 88.0 Å². The predicted octanol–water partition coefficient (Wildman–Crippen LogP) is 3.60. The fourth-order valence-electron chi connectivity index (χ4n) is 3.24. The lowest BCUT2D eigenvalue weighted by Gasteiger charge is -2.09. The molecule has 1 heterocycles. The second-order valence-corrected chi connectivity index (χ2v) is 7.13. The number of rotatable bonds is 8. The zero-order valence-electron chi connectivity index (χ0n) is 16.9. The van der Waals surface area contributed by atoms with E-state index in [0.29, 0.717) is 28.1 Å². The number of halogens is 1. The van der Waals surface area contributed by atoms with Gasteiger partial charge in [-0.2, -0.15) is 5.10 Å². The first kappa shape index (κ1) is 21.2. The number of benzene rings is 2. The van der Waals surface area contributed by atoms with Crippen molar-refractivity contribution in [2.45, 2.75) is 39.8 Å². The number of aromatic nitrogens is 2. The molecule has 0 atom stereocenters. The second-order valence-electron chi connectivity index (χ2n) is 7.13. The van der Waals surface area contributed by atoms with Gasteiger partial charge in [0.1, 0.15) is 12.4 Å². The van der Waals surface area contributed by atoms with E-state index in [2.05, 4.69) is 5.10 Å². The quantitative estimate of drug-likeness (QED) is 0.574. The molecule has 1 N–H and O–H groups in total. The Morgan fingerprint density at radius 3 is 2.47 bits per heavy atom. The van der Waals surface area contributed by atoms with Gasteiger partial charge in [0, 0.05) is 16.8 Å². The summed E-state index contributed by atoms with van der Waals surface area (Å²) < 4.78 is 21.4. The van der Waals surface area contributed by atoms with E-state index >= 15 is 0 Å². The Morgan fingerprint density at radius 2 is 1.80 bits per heavy atom. The number of carboxylic acids is 1. The summed E-state index contributed by atoms with van der Waals surface area (Å²) in [6, 6.07) is 14.0. The van der Waals surface area contributed by atoms with Gasteiger partial charge in [0.2, 0.25) is 0 Å². The van der Waals surface area contributed by atoms with Gasteiger partial charge in [-0.05, 0) is 31.0 Å². The van der Waals surface area contributed by atoms with Crippen molar-refractivity contribution < 1.29 is 23.8 Å². The number of aryl methyl sites for hydroxylation is 1. The predicted molar refractivity (Wildman–Crippen MR) is 108 cm³/mol. The van der Waals surface area contributed by atoms with Crippen LogP contribution in [0.3, 0.4) is 0 Å². The van der Waals surface area contributed by atoms with Crippen LogP contribution in [0.1, 0.15) is 33.6 Å². The van der Waals surface area contributed by atoms with Crippen molar-refractivity contribution >= 4 is 11.9 Å². The van der Waals surface area contributed by atoms with Gasteiger partial charge in [0.25, 0.3) is 0 Å². The minimum absolute atomic E-state index is 0.0211. The molecule has 0 unspecified atom stereocenters. The van der Waals surface area contributed by atoms with E-state index in [9.17, 15) is 14.0 Å². The van der Waals surface area contributed by atoms with Gasteiger partial charge < -0.3 is 9.84 Å². The van der Waals surface area contributed by atoms with Crippen LogP contribution < -0.4 is 0 Å². The van der Waals surface area contributed by atoms with E-state index in [-0.39, 0.29) is 26.0 Å². The third-order valence-electron chi connectivity index (χ3n) is 4.89. The fourth-order valence-corrected chi connectivity index (χ4v) is 3.24. The maximum Gasteiger partial charge on any atom is 0.310 e. The number of carbonyl (C=O) groups is 2. The van der Waals surface area contributed by atoms with Crippen molar-refractivity contribution in [2.24, 2.45) is 0 Å². The van der Waals surface area contributed by atoms with Crippen LogP contribution in [0.4, 0.5) is 4.39 Å². The van der Waals surface area contributed by atoms with Gasteiger partial charge in [0.15, 0.2) is 0 Å². The first-order valence-corrected chi connectivity index (χ1v) is 9.55. The molecular formula is C23H23FN2O4. The van der Waals surface area contributed by atoms with Gasteiger partial charge in [-0.3, -0.25) is 14.3 Å². The number of nitrogens with zero attached hydrogens (tertiary/aromatic N) is 2. The van der Waals surface area contributed by atoms with Crippen molar-refractivity contribution in [1.82, 2.24) is 9.78 Å². The van der Waals surface area contributed by atoms with Gasteiger partial charge in [-0.1, -0.05) is 42.5 Å². The molecule has 0 amide bonds. The average molecular weight is 410 g/mol. The molecule has 0 aliphatic carbocycles. The topological polar surface area (TPSA) is 81.4 Å². The first-order chi connectivity index (χ1) is 14.3. The summed E-state index contributed by atoms with van der Waals surface area (Å²) in [5.74, 6) is -1.81. The van der Waals surface area contributed by atoms with E-state index in [1.54, 1.807) is 30.7 Å². The standard InChI is InChI=1S/C23H23FN2O4/c1-15-20(12-22(27)28)16(2)26(25-15)13-19-9-8-18(10-21(19)24)11-23(29)30-14-17-6-4-3-5-7-17/h3-10H,11-14H2,1-2H3,(H,27,28). The molecule has 3 aromatic rings. The molecule has 0 spiro atoms. The molecule has 3 rings (SSSR count). The van der Waals surface area contributed by atoms with E-state index in [0.717, 1.165) is 5.56 Å². The third kappa shape index (κ3) is 5.31. The molecule has 0 aliphatic heterocycles. The minimum Gasteiger partial charge on any atom is -0.481 e. The largest absolute Gasteiger partial charge is 0.481 e. The average Bonchev–Trinajstić information content (AvgIpc) is 2.96. The summed E-state index contributed by atoms with van der Waals surface area (Å²) in [6.45, 7) is 3.86. The Kier molecular flexibility index (Phi) is 6.61. The van der Waals surface area contributed by atoms with Crippen LogP contribution in [0.25, 0.3) is 0 Å². The van der Waals surface area contributed by atoms with Crippen molar-refractivity contribution in [3.8, 4) is 0 Å². The third-order valence-corrected chi connectivity index (χ3v) is 4.89. The van der Waals surface area contributed by atoms with Crippen LogP contribution in [-0.2, 0) is 40.3 Å². The summed E-state index contributed by atoms with van der Waals surface area (Å²) in [5.41, 5.74) is 3.77. The minimum atomic E-state index is -0.935. The number of hydrogen-bond donors (Lipinski definition) is 1. The molecule has 0 radical (unpaired) electrons. The van der Waals surface area contributed by atoms with Crippen molar-refractivity contribution in [1.29, 1.82) is 0 Å². The highest BCUT2D eigenvalue weighted by Crippen LogP contribution is 2.18. The lowest BCUT2D eigenvalue weighted by molar-refractivity contribution is -0.144. The van der Waals surface area contributed by atoms with Crippen LogP contribution in [0.5, 0.6) is 0 Å². The summed E-state index contributed by atoms with van der Waals surface area (Å²) in [6.07, 6.45) is -0.142. The number of esters is 1. The Bertz CT molecular complexity index is 1060. The zero-order valence-corrected chi connectivity index (χ0v) is 16.9. The molecule has 2 aromatic carbocycles. The number of ether oxygens (including phenoxy) is 1. The highest BCUT2D eigenvalue weighted by atomic mass is 19.1. The molecule has 0 saturated carbocycles. The maximum atomic E-state index is 14.6. The Morgan fingerprint density at radius 1 is 1.07 bits per heavy atom. The lowest BCUT2D eigenvalue weighted by atomic mass is 10.1. The van der Waals surface area contributed by atoms with Gasteiger partial charge in [-0.15, -0.1) is 0 Å². The normalized spacial score (nSPS) is 10.8. The molecule has 0 saturated heterocycles. The molecule has 7 heteroatoms. The highest BCUT2D eigenvalue weighted by Gasteiger charge is 2.16. The Balaban J connectivity index is 1.64. The molecule has 1 aromatic heterocycles. The number of hydrogen-bond acceptors (Lipinski definition) is 4. The van der Waals surface area contributed by atoms with Crippen LogP contribution in [0.2, 0.25) is 0 Å². The zero-order chi connectivity index (χ0) is 21.7. The Labute approximate surface area is 173 Å². The smallest absolute Gasteiger partial charge is 0.310 e. The lowest BCUT2D eigenvalue weighted by Crippen LogP contribution is -2.10. The summed E-state index contributed by atoms with van der Waals surface area (Å²) in [4.78, 5) is 23.1. The molecule has 0 bridgehead atoms. The summed E-state index contributed by atoms with van der Waals surface area (Å²) in [5, 5.41) is 13.4. The van der Waals surface area contributed by atoms with Crippen molar-refractivity contribution in [2.75, 3.05) is 0 Å². The van der Waals surface area contributed by atoms with E-state index in [4.69, 9.17) is 9.84 Å². The number of carboxylic acid groups (broad SMARTS) is 1. The highest BCUT2D eigenvalue weighted by molar-refractivity contribution is 5.72. The van der Waals surface area contributed by atoms with Crippen molar-refractivity contribution in [3.63, 3.8) is 0 Å². The van der Waals surface area contributed by atoms with Crippen LogP contribution in [-0.4, -0.2) is 26.8 Å².